The van der Waals surface area contributed by atoms with Crippen LogP contribution in [-0.2, 0) is 0 Å². The van der Waals surface area contributed by atoms with Crippen LogP contribution in [0.1, 0.15) is 0 Å². The van der Waals surface area contributed by atoms with Gasteiger partial charge in [0, 0.05) is 22.7 Å². The van der Waals surface area contributed by atoms with Gasteiger partial charge in [-0.3, -0.25) is 4.98 Å². The van der Waals surface area contributed by atoms with E-state index in [1.807, 2.05) is 6.07 Å². The predicted octanol–water partition coefficient (Wildman–Crippen LogP) is 5.28. The maximum Gasteiger partial charge on any atom is 0.0801 e. The molecule has 2 N–H and O–H groups in total. The number of aromatic nitrogens is 1. The highest BCUT2D eigenvalue weighted by Gasteiger charge is 2.08. The number of anilines is 1. The number of benzene rings is 4. The van der Waals surface area contributed by atoms with Crippen LogP contribution in [0.2, 0.25) is 0 Å². The first-order chi connectivity index (χ1) is 11.3. The summed E-state index contributed by atoms with van der Waals surface area (Å²) < 4.78 is 0. The molecule has 2 heteroatoms. The minimum absolute atomic E-state index is 0.774. The lowest BCUT2D eigenvalue weighted by Gasteiger charge is -2.09. The molecule has 1 aromatic heterocycles. The first-order valence-electron chi connectivity index (χ1n) is 7.70. The van der Waals surface area contributed by atoms with E-state index in [-0.39, 0.29) is 0 Å². The summed E-state index contributed by atoms with van der Waals surface area (Å²) >= 11 is 0. The highest BCUT2D eigenvalue weighted by Crippen LogP contribution is 2.33. The molecular formula is C21H14N2. The number of nitrogens with two attached hydrogens (primary N) is 1. The normalized spacial score (nSPS) is 11.7. The number of nitrogen functional groups attached to an aromatic ring is 1. The largest absolute Gasteiger partial charge is 0.398 e. The average Bonchev–Trinajstić information content (AvgIpc) is 2.60. The van der Waals surface area contributed by atoms with E-state index in [1.165, 1.54) is 26.9 Å². The molecule has 0 radical (unpaired) electrons. The molecule has 108 valence electrons. The molecule has 0 bridgehead atoms. The zero-order valence-electron chi connectivity index (χ0n) is 12.5. The van der Waals surface area contributed by atoms with E-state index >= 15 is 0 Å². The third-order valence-electron chi connectivity index (χ3n) is 4.62. The van der Waals surface area contributed by atoms with Gasteiger partial charge < -0.3 is 5.73 Å². The van der Waals surface area contributed by atoms with Crippen molar-refractivity contribution in [3.8, 4) is 0 Å². The van der Waals surface area contributed by atoms with Gasteiger partial charge in [-0.1, -0.05) is 48.5 Å². The van der Waals surface area contributed by atoms with Crippen molar-refractivity contribution in [1.29, 1.82) is 0 Å². The molecule has 2 nitrogen and oxygen atoms in total. The van der Waals surface area contributed by atoms with Crippen LogP contribution in [0.4, 0.5) is 5.69 Å². The second-order valence-electron chi connectivity index (χ2n) is 5.94. The number of rotatable bonds is 0. The van der Waals surface area contributed by atoms with Crippen LogP contribution < -0.4 is 5.73 Å². The summed E-state index contributed by atoms with van der Waals surface area (Å²) in [4.78, 5) is 4.56. The monoisotopic (exact) mass is 294 g/mol. The molecule has 0 aliphatic heterocycles. The van der Waals surface area contributed by atoms with Gasteiger partial charge >= 0.3 is 0 Å². The van der Waals surface area contributed by atoms with Crippen molar-refractivity contribution in [2.45, 2.75) is 0 Å². The third kappa shape index (κ3) is 1.72. The van der Waals surface area contributed by atoms with Gasteiger partial charge in [-0.15, -0.1) is 0 Å². The highest BCUT2D eigenvalue weighted by molar-refractivity contribution is 6.19. The Morgan fingerprint density at radius 2 is 1.35 bits per heavy atom. The fourth-order valence-electron chi connectivity index (χ4n) is 3.47. The van der Waals surface area contributed by atoms with Crippen LogP contribution in [0.5, 0.6) is 0 Å². The van der Waals surface area contributed by atoms with Crippen molar-refractivity contribution in [1.82, 2.24) is 4.98 Å². The van der Waals surface area contributed by atoms with Crippen LogP contribution in [0.15, 0.2) is 72.9 Å². The third-order valence-corrected chi connectivity index (χ3v) is 4.62. The van der Waals surface area contributed by atoms with Gasteiger partial charge in [-0.05, 0) is 45.1 Å². The van der Waals surface area contributed by atoms with Gasteiger partial charge in [-0.2, -0.15) is 0 Å². The minimum atomic E-state index is 0.774. The Labute approximate surface area is 133 Å². The Morgan fingerprint density at radius 3 is 2.22 bits per heavy atom. The predicted molar refractivity (Wildman–Crippen MR) is 98.7 cm³/mol. The standard InChI is InChI=1S/C21H14N2/c22-20-9-10-23-21-17-6-5-15-11-13-3-1-2-4-14(13)12-19(15)16(17)7-8-18(20)21/h1-12H,(H2,22,23). The maximum atomic E-state index is 6.09. The second-order valence-corrected chi connectivity index (χ2v) is 5.94. The number of hydrogen-bond acceptors (Lipinski definition) is 2. The van der Waals surface area contributed by atoms with Crippen molar-refractivity contribution >= 4 is 48.9 Å². The first-order valence-corrected chi connectivity index (χ1v) is 7.70. The quantitative estimate of drug-likeness (QED) is 0.312. The number of pyridine rings is 1. The molecule has 0 saturated heterocycles. The summed E-state index contributed by atoms with van der Waals surface area (Å²) in [6.07, 6.45) is 1.78. The lowest BCUT2D eigenvalue weighted by molar-refractivity contribution is 1.43. The van der Waals surface area contributed by atoms with Crippen molar-refractivity contribution in [2.75, 3.05) is 5.73 Å². The van der Waals surface area contributed by atoms with E-state index in [0.29, 0.717) is 0 Å². The Hall–Kier alpha value is -3.13. The van der Waals surface area contributed by atoms with Crippen molar-refractivity contribution in [3.63, 3.8) is 0 Å². The highest BCUT2D eigenvalue weighted by atomic mass is 14.7. The summed E-state index contributed by atoms with van der Waals surface area (Å²) in [5.41, 5.74) is 7.84. The average molecular weight is 294 g/mol. The van der Waals surface area contributed by atoms with E-state index in [1.54, 1.807) is 6.20 Å². The Kier molecular flexibility index (Phi) is 2.39. The smallest absolute Gasteiger partial charge is 0.0801 e. The second kappa shape index (κ2) is 4.43. The molecule has 0 atom stereocenters. The summed E-state index contributed by atoms with van der Waals surface area (Å²) in [7, 11) is 0. The molecule has 0 aliphatic carbocycles. The molecule has 0 aliphatic rings. The first kappa shape index (κ1) is 12.4. The Balaban J connectivity index is 2.01. The summed E-state index contributed by atoms with van der Waals surface area (Å²) in [5.74, 6) is 0. The fraction of sp³-hybridized carbons (Fsp3) is 0. The maximum absolute atomic E-state index is 6.09. The van der Waals surface area contributed by atoms with E-state index in [4.69, 9.17) is 5.73 Å². The molecule has 0 saturated carbocycles. The van der Waals surface area contributed by atoms with Crippen LogP contribution >= 0.6 is 0 Å². The summed E-state index contributed by atoms with van der Waals surface area (Å²) in [6, 6.07) is 23.4. The Bertz CT molecular complexity index is 1220. The fourth-order valence-corrected chi connectivity index (χ4v) is 3.47. The zero-order chi connectivity index (χ0) is 15.4. The topological polar surface area (TPSA) is 38.9 Å². The summed E-state index contributed by atoms with van der Waals surface area (Å²) in [5, 5.41) is 8.42. The van der Waals surface area contributed by atoms with Crippen LogP contribution in [0.25, 0.3) is 43.2 Å². The molecule has 5 rings (SSSR count). The molecule has 1 heterocycles. The van der Waals surface area contributed by atoms with Gasteiger partial charge in [-0.25, -0.2) is 0 Å². The van der Waals surface area contributed by atoms with Gasteiger partial charge in [0.05, 0.1) is 5.52 Å². The number of fused-ring (bicyclic) bond motifs is 6. The van der Waals surface area contributed by atoms with Gasteiger partial charge in [0.15, 0.2) is 0 Å². The molecule has 0 spiro atoms. The van der Waals surface area contributed by atoms with Gasteiger partial charge in [0.2, 0.25) is 0 Å². The summed E-state index contributed by atoms with van der Waals surface area (Å²) in [6.45, 7) is 0. The molecule has 5 aromatic rings. The number of hydrogen-bond donors (Lipinski definition) is 1. The van der Waals surface area contributed by atoms with E-state index in [9.17, 15) is 0 Å². The van der Waals surface area contributed by atoms with Crippen molar-refractivity contribution < 1.29 is 0 Å². The SMILES string of the molecule is Nc1ccnc2c1ccc1c3cc4ccccc4cc3ccc12. The lowest BCUT2D eigenvalue weighted by atomic mass is 9.96. The molecule has 0 fully saturated rings. The lowest BCUT2D eigenvalue weighted by Crippen LogP contribution is -1.90. The van der Waals surface area contributed by atoms with Crippen molar-refractivity contribution in [3.05, 3.63) is 72.9 Å². The van der Waals surface area contributed by atoms with E-state index in [2.05, 4.69) is 65.6 Å². The Morgan fingerprint density at radius 1 is 0.609 bits per heavy atom. The molecule has 4 aromatic carbocycles. The molecule has 0 amide bonds. The minimum Gasteiger partial charge on any atom is -0.398 e. The van der Waals surface area contributed by atoms with Crippen LogP contribution in [0.3, 0.4) is 0 Å². The van der Waals surface area contributed by atoms with Crippen LogP contribution in [-0.4, -0.2) is 4.98 Å². The number of nitrogens with zero attached hydrogens (tertiary/aromatic N) is 1. The van der Waals surface area contributed by atoms with Crippen molar-refractivity contribution in [2.24, 2.45) is 0 Å². The van der Waals surface area contributed by atoms with E-state index in [0.717, 1.165) is 22.0 Å². The zero-order valence-corrected chi connectivity index (χ0v) is 12.5. The molecule has 23 heavy (non-hydrogen) atoms. The van der Waals surface area contributed by atoms with Gasteiger partial charge in [0.25, 0.3) is 0 Å². The molecule has 0 unspecified atom stereocenters. The molecular weight excluding hydrogens is 280 g/mol. The van der Waals surface area contributed by atoms with Gasteiger partial charge in [0.1, 0.15) is 0 Å². The van der Waals surface area contributed by atoms with Crippen LogP contribution in [0, 0.1) is 0 Å². The van der Waals surface area contributed by atoms with E-state index < -0.39 is 0 Å².